The molecule has 0 aliphatic rings. The molecule has 0 saturated carbocycles. The second-order valence-corrected chi connectivity index (χ2v) is 3.77. The molecule has 1 unspecified atom stereocenters. The zero-order chi connectivity index (χ0) is 8.91. The maximum absolute atomic E-state index is 6.05. The van der Waals surface area contributed by atoms with Crippen molar-refractivity contribution in [2.45, 2.75) is 59.4 Å². The molecule has 2 atom stereocenters. The Morgan fingerprint density at radius 3 is 2.09 bits per heavy atom. The molecule has 0 rings (SSSR count). The van der Waals surface area contributed by atoms with Crippen LogP contribution in [0.15, 0.2) is 0 Å². The molecule has 0 aromatic rings. The van der Waals surface area contributed by atoms with Gasteiger partial charge in [0.2, 0.25) is 0 Å². The van der Waals surface area contributed by atoms with Gasteiger partial charge in [-0.1, -0.05) is 34.1 Å². The Hall–Kier alpha value is -0.0400. The van der Waals surface area contributed by atoms with E-state index in [1.807, 2.05) is 0 Å². The van der Waals surface area contributed by atoms with Crippen molar-refractivity contribution in [3.8, 4) is 0 Å². The van der Waals surface area contributed by atoms with Crippen molar-refractivity contribution < 1.29 is 0 Å². The zero-order valence-electron chi connectivity index (χ0n) is 8.48. The van der Waals surface area contributed by atoms with E-state index in [2.05, 4.69) is 27.7 Å². The van der Waals surface area contributed by atoms with E-state index in [1.165, 1.54) is 19.3 Å². The van der Waals surface area contributed by atoms with E-state index in [4.69, 9.17) is 5.73 Å². The van der Waals surface area contributed by atoms with Crippen LogP contribution in [-0.4, -0.2) is 6.04 Å². The summed E-state index contributed by atoms with van der Waals surface area (Å²) in [6.45, 7) is 8.96. The van der Waals surface area contributed by atoms with Crippen LogP contribution in [0.5, 0.6) is 0 Å². The van der Waals surface area contributed by atoms with Gasteiger partial charge >= 0.3 is 0 Å². The van der Waals surface area contributed by atoms with Crippen molar-refractivity contribution >= 4 is 0 Å². The summed E-state index contributed by atoms with van der Waals surface area (Å²) in [5.74, 6) is 0. The first-order valence-electron chi connectivity index (χ1n) is 4.86. The van der Waals surface area contributed by atoms with Crippen LogP contribution in [0, 0.1) is 5.41 Å². The molecule has 0 radical (unpaired) electrons. The van der Waals surface area contributed by atoms with Gasteiger partial charge in [0.25, 0.3) is 0 Å². The largest absolute Gasteiger partial charge is 0.327 e. The minimum atomic E-state index is 0.378. The van der Waals surface area contributed by atoms with Gasteiger partial charge in [-0.15, -0.1) is 0 Å². The summed E-state index contributed by atoms with van der Waals surface area (Å²) in [4.78, 5) is 0. The van der Waals surface area contributed by atoms with Crippen LogP contribution >= 0.6 is 0 Å². The first-order valence-corrected chi connectivity index (χ1v) is 4.86. The van der Waals surface area contributed by atoms with E-state index in [0.717, 1.165) is 6.42 Å². The molecule has 0 aliphatic heterocycles. The highest BCUT2D eigenvalue weighted by Crippen LogP contribution is 2.31. The van der Waals surface area contributed by atoms with Crippen molar-refractivity contribution in [3.05, 3.63) is 0 Å². The minimum absolute atomic E-state index is 0.378. The molecule has 0 fully saturated rings. The molecular weight excluding hydrogens is 134 g/mol. The van der Waals surface area contributed by atoms with Crippen molar-refractivity contribution in [3.63, 3.8) is 0 Å². The lowest BCUT2D eigenvalue weighted by Crippen LogP contribution is -2.38. The molecule has 1 heteroatoms. The molecule has 0 saturated heterocycles. The second-order valence-electron chi connectivity index (χ2n) is 3.77. The maximum Gasteiger partial charge on any atom is 0.00901 e. The molecule has 0 aromatic heterocycles. The third-order valence-electron chi connectivity index (χ3n) is 2.96. The third-order valence-corrected chi connectivity index (χ3v) is 2.96. The van der Waals surface area contributed by atoms with Gasteiger partial charge < -0.3 is 5.73 Å². The highest BCUT2D eigenvalue weighted by Gasteiger charge is 2.27. The molecule has 11 heavy (non-hydrogen) atoms. The van der Waals surface area contributed by atoms with Crippen LogP contribution in [0.2, 0.25) is 0 Å². The lowest BCUT2D eigenvalue weighted by atomic mass is 9.75. The fraction of sp³-hybridized carbons (Fsp3) is 1.00. The summed E-state index contributed by atoms with van der Waals surface area (Å²) in [7, 11) is 0. The molecule has 68 valence electrons. The Kier molecular flexibility index (Phi) is 4.74. The quantitative estimate of drug-likeness (QED) is 0.652. The monoisotopic (exact) mass is 157 g/mol. The Bertz CT molecular complexity index is 101. The number of hydrogen-bond donors (Lipinski definition) is 1. The van der Waals surface area contributed by atoms with Gasteiger partial charge in [-0.2, -0.15) is 0 Å². The van der Waals surface area contributed by atoms with E-state index in [0.29, 0.717) is 11.5 Å². The summed E-state index contributed by atoms with van der Waals surface area (Å²) in [5.41, 5.74) is 6.43. The highest BCUT2D eigenvalue weighted by molar-refractivity contribution is 4.82. The normalized spacial score (nSPS) is 19.4. The van der Waals surface area contributed by atoms with Gasteiger partial charge in [0.1, 0.15) is 0 Å². The fourth-order valence-electron chi connectivity index (χ4n) is 1.69. The highest BCUT2D eigenvalue weighted by atomic mass is 14.7. The summed E-state index contributed by atoms with van der Waals surface area (Å²) in [6, 6.07) is 0.382. The van der Waals surface area contributed by atoms with E-state index in [-0.39, 0.29) is 0 Å². The average Bonchev–Trinajstić information content (AvgIpc) is 2.03. The van der Waals surface area contributed by atoms with Crippen LogP contribution in [0.4, 0.5) is 0 Å². The standard InChI is InChI=1S/C10H23N/c1-5-8-10(4,7-3)9(11)6-2/h9H,5-8,11H2,1-4H3/t9-,10?/m0/s1. The van der Waals surface area contributed by atoms with Crippen molar-refractivity contribution in [1.29, 1.82) is 0 Å². The molecule has 0 spiro atoms. The number of nitrogens with two attached hydrogens (primary N) is 1. The first kappa shape index (κ1) is 11.0. The molecule has 0 bridgehead atoms. The van der Waals surface area contributed by atoms with Crippen LogP contribution in [-0.2, 0) is 0 Å². The Morgan fingerprint density at radius 2 is 1.82 bits per heavy atom. The molecular formula is C10H23N. The summed E-state index contributed by atoms with van der Waals surface area (Å²) in [6.07, 6.45) is 4.82. The van der Waals surface area contributed by atoms with Crippen LogP contribution < -0.4 is 5.73 Å². The molecule has 0 amide bonds. The summed E-state index contributed by atoms with van der Waals surface area (Å²) >= 11 is 0. The van der Waals surface area contributed by atoms with Crippen LogP contribution in [0.1, 0.15) is 53.4 Å². The first-order chi connectivity index (χ1) is 5.10. The van der Waals surface area contributed by atoms with Gasteiger partial charge in [-0.3, -0.25) is 0 Å². The predicted molar refractivity (Wildman–Crippen MR) is 51.6 cm³/mol. The number of hydrogen-bond acceptors (Lipinski definition) is 1. The maximum atomic E-state index is 6.05. The van der Waals surface area contributed by atoms with Gasteiger partial charge in [-0.25, -0.2) is 0 Å². The van der Waals surface area contributed by atoms with E-state index < -0.39 is 0 Å². The fourth-order valence-corrected chi connectivity index (χ4v) is 1.69. The van der Waals surface area contributed by atoms with Gasteiger partial charge in [0.15, 0.2) is 0 Å². The molecule has 1 nitrogen and oxygen atoms in total. The zero-order valence-corrected chi connectivity index (χ0v) is 8.48. The summed E-state index contributed by atoms with van der Waals surface area (Å²) < 4.78 is 0. The van der Waals surface area contributed by atoms with Crippen LogP contribution in [0.3, 0.4) is 0 Å². The Balaban J connectivity index is 4.07. The van der Waals surface area contributed by atoms with Gasteiger partial charge in [0.05, 0.1) is 0 Å². The summed E-state index contributed by atoms with van der Waals surface area (Å²) in [5, 5.41) is 0. The Morgan fingerprint density at radius 1 is 1.27 bits per heavy atom. The second kappa shape index (κ2) is 4.76. The molecule has 0 aromatic carbocycles. The van der Waals surface area contributed by atoms with Gasteiger partial charge in [0, 0.05) is 6.04 Å². The van der Waals surface area contributed by atoms with E-state index in [1.54, 1.807) is 0 Å². The smallest absolute Gasteiger partial charge is 0.00901 e. The topological polar surface area (TPSA) is 26.0 Å². The van der Waals surface area contributed by atoms with E-state index >= 15 is 0 Å². The molecule has 0 aliphatic carbocycles. The third kappa shape index (κ3) is 2.82. The SMILES string of the molecule is CCCC(C)(CC)[C@@H](N)CC. The number of rotatable bonds is 5. The lowest BCUT2D eigenvalue weighted by Gasteiger charge is -2.33. The molecule has 0 heterocycles. The predicted octanol–water partition coefficient (Wildman–Crippen LogP) is 2.94. The van der Waals surface area contributed by atoms with Crippen molar-refractivity contribution in [1.82, 2.24) is 0 Å². The average molecular weight is 157 g/mol. The Labute approximate surface area is 71.4 Å². The van der Waals surface area contributed by atoms with Crippen molar-refractivity contribution in [2.75, 3.05) is 0 Å². The van der Waals surface area contributed by atoms with E-state index in [9.17, 15) is 0 Å². The van der Waals surface area contributed by atoms with Gasteiger partial charge in [-0.05, 0) is 24.7 Å². The van der Waals surface area contributed by atoms with Crippen LogP contribution in [0.25, 0.3) is 0 Å². The lowest BCUT2D eigenvalue weighted by molar-refractivity contribution is 0.215. The minimum Gasteiger partial charge on any atom is -0.327 e. The van der Waals surface area contributed by atoms with Crippen molar-refractivity contribution in [2.24, 2.45) is 11.1 Å². The molecule has 2 N–H and O–H groups in total.